The number of nitrogens with zero attached hydrogens (tertiary/aromatic N) is 1. The van der Waals surface area contributed by atoms with Crippen molar-refractivity contribution in [2.75, 3.05) is 13.1 Å². The number of likely N-dealkylation sites (tertiary alicyclic amines) is 1. The number of hydrogen-bond acceptors (Lipinski definition) is 4. The molecule has 2 bridgehead atoms. The molecule has 3 rings (SSSR count). The molecule has 0 saturated carbocycles. The van der Waals surface area contributed by atoms with Crippen molar-refractivity contribution in [2.24, 2.45) is 17.6 Å². The number of imide groups is 1. The molecular weight excluding hydrogens is 220 g/mol. The number of ether oxygens (including phenoxy) is 1. The minimum atomic E-state index is -0.268. The fraction of sp³-hybridized carbons (Fsp3) is 0.667. The van der Waals surface area contributed by atoms with Gasteiger partial charge in [-0.25, -0.2) is 0 Å². The van der Waals surface area contributed by atoms with Crippen LogP contribution < -0.4 is 5.73 Å². The van der Waals surface area contributed by atoms with Gasteiger partial charge in [0.25, 0.3) is 0 Å². The monoisotopic (exact) mass is 236 g/mol. The van der Waals surface area contributed by atoms with Gasteiger partial charge in [-0.15, -0.1) is 0 Å². The minimum Gasteiger partial charge on any atom is -0.365 e. The molecule has 0 aromatic heterocycles. The van der Waals surface area contributed by atoms with Gasteiger partial charge in [-0.05, 0) is 19.4 Å². The van der Waals surface area contributed by atoms with Gasteiger partial charge in [0.1, 0.15) is 0 Å². The molecule has 2 saturated heterocycles. The molecule has 2 N–H and O–H groups in total. The van der Waals surface area contributed by atoms with E-state index < -0.39 is 0 Å². The first-order valence-corrected chi connectivity index (χ1v) is 6.13. The number of carbonyl (C=O) groups excluding carboxylic acids is 2. The second kappa shape index (κ2) is 3.92. The largest absolute Gasteiger partial charge is 0.365 e. The molecule has 0 aromatic rings. The molecule has 4 atom stereocenters. The Morgan fingerprint density at radius 2 is 1.71 bits per heavy atom. The molecule has 2 fully saturated rings. The summed E-state index contributed by atoms with van der Waals surface area (Å²) >= 11 is 0. The molecule has 0 spiro atoms. The Labute approximate surface area is 99.6 Å². The first-order valence-electron chi connectivity index (χ1n) is 6.13. The zero-order chi connectivity index (χ0) is 12.0. The van der Waals surface area contributed by atoms with Crippen LogP contribution in [-0.4, -0.2) is 42.0 Å². The van der Waals surface area contributed by atoms with Crippen LogP contribution in [0.5, 0.6) is 0 Å². The summed E-state index contributed by atoms with van der Waals surface area (Å²) in [6.07, 6.45) is 5.08. The zero-order valence-electron chi connectivity index (χ0n) is 9.54. The Hall–Kier alpha value is -1.20. The van der Waals surface area contributed by atoms with Crippen LogP contribution in [-0.2, 0) is 14.3 Å². The highest BCUT2D eigenvalue weighted by atomic mass is 16.5. The Morgan fingerprint density at radius 1 is 1.12 bits per heavy atom. The summed E-state index contributed by atoms with van der Waals surface area (Å²) in [6.45, 7) is 1.10. The third-order valence-corrected chi connectivity index (χ3v) is 3.84. The minimum absolute atomic E-state index is 0.0612. The van der Waals surface area contributed by atoms with Crippen LogP contribution >= 0.6 is 0 Å². The summed E-state index contributed by atoms with van der Waals surface area (Å²) in [6, 6.07) is 0. The third kappa shape index (κ3) is 1.46. The lowest BCUT2D eigenvalue weighted by Gasteiger charge is -2.17. The van der Waals surface area contributed by atoms with E-state index in [1.165, 1.54) is 4.90 Å². The predicted octanol–water partition coefficient (Wildman–Crippen LogP) is -0.336. The predicted molar refractivity (Wildman–Crippen MR) is 59.8 cm³/mol. The number of unbranched alkanes of at least 4 members (excludes halogenated alkanes) is 1. The van der Waals surface area contributed by atoms with E-state index >= 15 is 0 Å². The summed E-state index contributed by atoms with van der Waals surface area (Å²) in [5.74, 6) is -0.659. The average molecular weight is 236 g/mol. The van der Waals surface area contributed by atoms with E-state index in [9.17, 15) is 9.59 Å². The Balaban J connectivity index is 1.74. The maximum Gasteiger partial charge on any atom is 0.236 e. The highest BCUT2D eigenvalue weighted by molar-refractivity contribution is 6.06. The fourth-order valence-corrected chi connectivity index (χ4v) is 3.00. The van der Waals surface area contributed by atoms with Crippen LogP contribution in [0.15, 0.2) is 12.2 Å². The van der Waals surface area contributed by atoms with Gasteiger partial charge in [0.05, 0.1) is 24.0 Å². The van der Waals surface area contributed by atoms with Gasteiger partial charge in [-0.3, -0.25) is 14.5 Å². The molecule has 5 heteroatoms. The van der Waals surface area contributed by atoms with E-state index in [1.807, 2.05) is 12.2 Å². The lowest BCUT2D eigenvalue weighted by molar-refractivity contribution is -0.142. The molecule has 3 aliphatic rings. The van der Waals surface area contributed by atoms with Crippen LogP contribution in [0.2, 0.25) is 0 Å². The van der Waals surface area contributed by atoms with Gasteiger partial charge in [0.2, 0.25) is 11.8 Å². The standard InChI is InChI=1S/C12H16N2O3/c13-5-1-2-6-14-11(15)9-7-3-4-8(17-7)10(9)12(14)16/h3-4,7-10H,1-2,5-6,13H2/t7-,8-,9-,10+/m1/s1. The number of rotatable bonds is 4. The van der Waals surface area contributed by atoms with E-state index in [4.69, 9.17) is 10.5 Å². The van der Waals surface area contributed by atoms with Crippen molar-refractivity contribution in [3.05, 3.63) is 12.2 Å². The van der Waals surface area contributed by atoms with Crippen molar-refractivity contribution in [3.8, 4) is 0 Å². The third-order valence-electron chi connectivity index (χ3n) is 3.84. The van der Waals surface area contributed by atoms with E-state index in [0.29, 0.717) is 13.1 Å². The quantitative estimate of drug-likeness (QED) is 0.412. The second-order valence-electron chi connectivity index (χ2n) is 4.83. The van der Waals surface area contributed by atoms with E-state index in [2.05, 4.69) is 0 Å². The van der Waals surface area contributed by atoms with E-state index in [0.717, 1.165) is 12.8 Å². The molecule has 92 valence electrons. The molecule has 0 unspecified atom stereocenters. The fourth-order valence-electron chi connectivity index (χ4n) is 3.00. The van der Waals surface area contributed by atoms with Crippen LogP contribution in [0.25, 0.3) is 0 Å². The maximum absolute atomic E-state index is 12.1. The molecule has 3 heterocycles. The number of carbonyl (C=O) groups is 2. The van der Waals surface area contributed by atoms with Gasteiger partial charge >= 0.3 is 0 Å². The van der Waals surface area contributed by atoms with Crippen molar-refractivity contribution in [1.29, 1.82) is 0 Å². The van der Waals surface area contributed by atoms with E-state index in [-0.39, 0.29) is 35.9 Å². The SMILES string of the molecule is NCCCCN1C(=O)[C@@H]2[C@H](C1=O)[C@H]1C=C[C@H]2O1. The van der Waals surface area contributed by atoms with Gasteiger partial charge < -0.3 is 10.5 Å². The van der Waals surface area contributed by atoms with Crippen LogP contribution in [0.3, 0.4) is 0 Å². The molecule has 0 aromatic carbocycles. The smallest absolute Gasteiger partial charge is 0.236 e. The van der Waals surface area contributed by atoms with Gasteiger partial charge in [-0.1, -0.05) is 12.2 Å². The summed E-state index contributed by atoms with van der Waals surface area (Å²) in [7, 11) is 0. The zero-order valence-corrected chi connectivity index (χ0v) is 9.54. The number of hydrogen-bond donors (Lipinski definition) is 1. The molecule has 17 heavy (non-hydrogen) atoms. The summed E-state index contributed by atoms with van der Waals surface area (Å²) in [4.78, 5) is 25.7. The maximum atomic E-state index is 12.1. The second-order valence-corrected chi connectivity index (χ2v) is 4.83. The lowest BCUT2D eigenvalue weighted by Crippen LogP contribution is -2.35. The first kappa shape index (κ1) is 10.9. The molecular formula is C12H16N2O3. The molecule has 3 aliphatic heterocycles. The van der Waals surface area contributed by atoms with E-state index in [1.54, 1.807) is 0 Å². The van der Waals surface area contributed by atoms with Gasteiger partial charge in [0, 0.05) is 6.54 Å². The number of nitrogens with two attached hydrogens (primary N) is 1. The Kier molecular flexibility index (Phi) is 2.52. The van der Waals surface area contributed by atoms with Crippen molar-refractivity contribution < 1.29 is 14.3 Å². The normalized spacial score (nSPS) is 38.3. The van der Waals surface area contributed by atoms with Crippen molar-refractivity contribution in [3.63, 3.8) is 0 Å². The Bertz CT molecular complexity index is 363. The molecule has 5 nitrogen and oxygen atoms in total. The Morgan fingerprint density at radius 3 is 2.24 bits per heavy atom. The highest BCUT2D eigenvalue weighted by Crippen LogP contribution is 2.44. The topological polar surface area (TPSA) is 72.6 Å². The first-order chi connectivity index (χ1) is 8.24. The summed E-state index contributed by atoms with van der Waals surface area (Å²) < 4.78 is 5.55. The average Bonchev–Trinajstić information content (AvgIpc) is 2.97. The van der Waals surface area contributed by atoms with Crippen LogP contribution in [0, 0.1) is 11.8 Å². The van der Waals surface area contributed by atoms with Crippen LogP contribution in [0.4, 0.5) is 0 Å². The molecule has 0 aliphatic carbocycles. The van der Waals surface area contributed by atoms with Crippen LogP contribution in [0.1, 0.15) is 12.8 Å². The number of fused-ring (bicyclic) bond motifs is 5. The molecule has 0 radical (unpaired) electrons. The van der Waals surface area contributed by atoms with Gasteiger partial charge in [-0.2, -0.15) is 0 Å². The highest BCUT2D eigenvalue weighted by Gasteiger charge is 2.60. The summed E-state index contributed by atoms with van der Waals surface area (Å²) in [5.41, 5.74) is 5.41. The van der Waals surface area contributed by atoms with Gasteiger partial charge in [0.15, 0.2) is 0 Å². The molecule has 2 amide bonds. The van der Waals surface area contributed by atoms with Crippen molar-refractivity contribution in [1.82, 2.24) is 4.90 Å². The van der Waals surface area contributed by atoms with Crippen molar-refractivity contribution >= 4 is 11.8 Å². The number of amides is 2. The van der Waals surface area contributed by atoms with Crippen molar-refractivity contribution in [2.45, 2.75) is 25.0 Å². The lowest BCUT2D eigenvalue weighted by atomic mass is 9.85. The summed E-state index contributed by atoms with van der Waals surface area (Å²) in [5, 5.41) is 0.